The summed E-state index contributed by atoms with van der Waals surface area (Å²) in [7, 11) is 1.82. The van der Waals surface area contributed by atoms with E-state index in [0.717, 1.165) is 5.69 Å². The fraction of sp³-hybridized carbons (Fsp3) is 0.125. The first-order valence-corrected chi connectivity index (χ1v) is 3.59. The van der Waals surface area contributed by atoms with Crippen molar-refractivity contribution in [1.82, 2.24) is 0 Å². The van der Waals surface area contributed by atoms with Crippen molar-refractivity contribution in [2.75, 3.05) is 12.4 Å². The average molecular weight is 170 g/mol. The van der Waals surface area contributed by atoms with E-state index < -0.39 is 5.24 Å². The minimum atomic E-state index is -0.423. The van der Waals surface area contributed by atoms with Crippen LogP contribution in [0.3, 0.4) is 0 Å². The number of carbonyl (C=O) groups is 1. The quantitative estimate of drug-likeness (QED) is 0.688. The molecule has 0 bridgehead atoms. The Morgan fingerprint density at radius 2 is 1.91 bits per heavy atom. The van der Waals surface area contributed by atoms with Crippen LogP contribution in [0.15, 0.2) is 24.3 Å². The van der Waals surface area contributed by atoms with E-state index >= 15 is 0 Å². The summed E-state index contributed by atoms with van der Waals surface area (Å²) in [6, 6.07) is 6.97. The molecule has 0 aliphatic carbocycles. The molecule has 1 rings (SSSR count). The van der Waals surface area contributed by atoms with E-state index in [1.807, 2.05) is 7.05 Å². The third-order valence-corrected chi connectivity index (χ3v) is 1.62. The molecule has 0 radical (unpaired) electrons. The van der Waals surface area contributed by atoms with Gasteiger partial charge in [0.25, 0.3) is 5.24 Å². The topological polar surface area (TPSA) is 29.1 Å². The van der Waals surface area contributed by atoms with Crippen molar-refractivity contribution in [2.24, 2.45) is 0 Å². The summed E-state index contributed by atoms with van der Waals surface area (Å²) in [5.41, 5.74) is 1.48. The molecule has 11 heavy (non-hydrogen) atoms. The standard InChI is InChI=1S/C8H8ClNO/c1-10-7-4-2-6(3-5-7)8(9)11/h2-5,10H,1H3. The third kappa shape index (κ3) is 1.95. The summed E-state index contributed by atoms with van der Waals surface area (Å²) < 4.78 is 0. The summed E-state index contributed by atoms with van der Waals surface area (Å²) in [5, 5.41) is 2.52. The molecule has 0 heterocycles. The molecule has 0 amide bonds. The number of benzene rings is 1. The maximum absolute atomic E-state index is 10.6. The number of halogens is 1. The SMILES string of the molecule is CNc1ccc(C(=O)Cl)cc1. The number of carbonyl (C=O) groups excluding carboxylic acids is 1. The molecule has 0 spiro atoms. The predicted octanol–water partition coefficient (Wildman–Crippen LogP) is 2.11. The average Bonchev–Trinajstić information content (AvgIpc) is 2.05. The summed E-state index contributed by atoms with van der Waals surface area (Å²) >= 11 is 5.24. The summed E-state index contributed by atoms with van der Waals surface area (Å²) in [4.78, 5) is 10.6. The van der Waals surface area contributed by atoms with E-state index in [0.29, 0.717) is 5.56 Å². The van der Waals surface area contributed by atoms with Crippen molar-refractivity contribution in [3.63, 3.8) is 0 Å². The monoisotopic (exact) mass is 169 g/mol. The van der Waals surface area contributed by atoms with Gasteiger partial charge in [0.2, 0.25) is 0 Å². The number of anilines is 1. The lowest BCUT2D eigenvalue weighted by molar-refractivity contribution is 0.108. The van der Waals surface area contributed by atoms with Gasteiger partial charge in [0.15, 0.2) is 0 Å². The maximum Gasteiger partial charge on any atom is 0.252 e. The number of rotatable bonds is 2. The van der Waals surface area contributed by atoms with E-state index in [-0.39, 0.29) is 0 Å². The first-order valence-electron chi connectivity index (χ1n) is 3.21. The second-order valence-electron chi connectivity index (χ2n) is 2.10. The molecule has 1 aromatic rings. The van der Waals surface area contributed by atoms with Crippen molar-refractivity contribution in [2.45, 2.75) is 0 Å². The molecule has 0 fully saturated rings. The number of nitrogens with one attached hydrogen (secondary N) is 1. The maximum atomic E-state index is 10.6. The van der Waals surface area contributed by atoms with Crippen LogP contribution in [0, 0.1) is 0 Å². The van der Waals surface area contributed by atoms with Gasteiger partial charge in [-0.15, -0.1) is 0 Å². The molecule has 1 N–H and O–H groups in total. The number of hydrogen-bond donors (Lipinski definition) is 1. The molecule has 58 valence electrons. The Hall–Kier alpha value is -1.02. The molecule has 0 saturated carbocycles. The smallest absolute Gasteiger partial charge is 0.252 e. The zero-order chi connectivity index (χ0) is 8.27. The predicted molar refractivity (Wildman–Crippen MR) is 46.2 cm³/mol. The van der Waals surface area contributed by atoms with Gasteiger partial charge in [0.05, 0.1) is 0 Å². The van der Waals surface area contributed by atoms with Gasteiger partial charge in [0, 0.05) is 18.3 Å². The van der Waals surface area contributed by atoms with Crippen molar-refractivity contribution >= 4 is 22.5 Å². The third-order valence-electron chi connectivity index (χ3n) is 1.40. The highest BCUT2D eigenvalue weighted by Gasteiger charge is 1.98. The van der Waals surface area contributed by atoms with Crippen LogP contribution in [-0.4, -0.2) is 12.3 Å². The molecular formula is C8H8ClNO. The van der Waals surface area contributed by atoms with Crippen molar-refractivity contribution < 1.29 is 4.79 Å². The van der Waals surface area contributed by atoms with Crippen LogP contribution in [-0.2, 0) is 0 Å². The van der Waals surface area contributed by atoms with E-state index in [9.17, 15) is 4.79 Å². The fourth-order valence-corrected chi connectivity index (χ4v) is 0.894. The molecule has 2 nitrogen and oxygen atoms in total. The Kier molecular flexibility index (Phi) is 2.49. The number of hydrogen-bond acceptors (Lipinski definition) is 2. The van der Waals surface area contributed by atoms with Crippen LogP contribution in [0.1, 0.15) is 10.4 Å². The van der Waals surface area contributed by atoms with Gasteiger partial charge in [-0.1, -0.05) is 0 Å². The van der Waals surface area contributed by atoms with Gasteiger partial charge in [-0.2, -0.15) is 0 Å². The Morgan fingerprint density at radius 3 is 2.27 bits per heavy atom. The summed E-state index contributed by atoms with van der Waals surface area (Å²) in [5.74, 6) is 0. The first-order chi connectivity index (χ1) is 5.24. The second-order valence-corrected chi connectivity index (χ2v) is 2.44. The lowest BCUT2D eigenvalue weighted by atomic mass is 10.2. The molecule has 0 aromatic heterocycles. The van der Waals surface area contributed by atoms with Crippen molar-refractivity contribution in [3.05, 3.63) is 29.8 Å². The van der Waals surface area contributed by atoms with Gasteiger partial charge < -0.3 is 5.32 Å². The molecule has 3 heteroatoms. The molecular weight excluding hydrogens is 162 g/mol. The van der Waals surface area contributed by atoms with E-state index in [4.69, 9.17) is 11.6 Å². The van der Waals surface area contributed by atoms with Crippen LogP contribution in [0.2, 0.25) is 0 Å². The molecule has 0 atom stereocenters. The van der Waals surface area contributed by atoms with Gasteiger partial charge in [-0.3, -0.25) is 4.79 Å². The zero-order valence-electron chi connectivity index (χ0n) is 6.10. The second kappa shape index (κ2) is 3.39. The largest absolute Gasteiger partial charge is 0.388 e. The van der Waals surface area contributed by atoms with Gasteiger partial charge >= 0.3 is 0 Å². The van der Waals surface area contributed by atoms with Crippen LogP contribution < -0.4 is 5.32 Å². The molecule has 0 unspecified atom stereocenters. The van der Waals surface area contributed by atoms with Gasteiger partial charge in [-0.05, 0) is 35.9 Å². The fourth-order valence-electron chi connectivity index (χ4n) is 0.768. The molecule has 1 aromatic carbocycles. The minimum absolute atomic E-state index is 0.423. The van der Waals surface area contributed by atoms with Crippen molar-refractivity contribution in [1.29, 1.82) is 0 Å². The van der Waals surface area contributed by atoms with Gasteiger partial charge in [-0.25, -0.2) is 0 Å². The summed E-state index contributed by atoms with van der Waals surface area (Å²) in [6.45, 7) is 0. The van der Waals surface area contributed by atoms with Crippen LogP contribution in [0.5, 0.6) is 0 Å². The summed E-state index contributed by atoms with van der Waals surface area (Å²) in [6.07, 6.45) is 0. The Balaban J connectivity index is 2.91. The Bertz CT molecular complexity index is 255. The Morgan fingerprint density at radius 1 is 1.36 bits per heavy atom. The zero-order valence-corrected chi connectivity index (χ0v) is 6.85. The normalized spacial score (nSPS) is 9.27. The lowest BCUT2D eigenvalue weighted by Crippen LogP contribution is -1.90. The van der Waals surface area contributed by atoms with Crippen LogP contribution in [0.25, 0.3) is 0 Å². The lowest BCUT2D eigenvalue weighted by Gasteiger charge is -1.98. The molecule has 0 aliphatic heterocycles. The first kappa shape index (κ1) is 8.08. The molecule has 0 saturated heterocycles. The van der Waals surface area contributed by atoms with Crippen molar-refractivity contribution in [3.8, 4) is 0 Å². The Labute approximate surface area is 70.2 Å². The highest BCUT2D eigenvalue weighted by atomic mass is 35.5. The van der Waals surface area contributed by atoms with Gasteiger partial charge in [0.1, 0.15) is 0 Å². The van der Waals surface area contributed by atoms with Crippen LogP contribution >= 0.6 is 11.6 Å². The highest BCUT2D eigenvalue weighted by Crippen LogP contribution is 2.09. The van der Waals surface area contributed by atoms with E-state index in [2.05, 4.69) is 5.32 Å². The highest BCUT2D eigenvalue weighted by molar-refractivity contribution is 6.67. The molecule has 0 aliphatic rings. The van der Waals surface area contributed by atoms with E-state index in [1.54, 1.807) is 24.3 Å². The minimum Gasteiger partial charge on any atom is -0.388 e. The van der Waals surface area contributed by atoms with Crippen LogP contribution in [0.4, 0.5) is 5.69 Å². The van der Waals surface area contributed by atoms with E-state index in [1.165, 1.54) is 0 Å².